The molecule has 0 spiro atoms. The van der Waals surface area contributed by atoms with Gasteiger partial charge in [-0.25, -0.2) is 4.99 Å². The van der Waals surface area contributed by atoms with Crippen molar-refractivity contribution >= 4 is 43.6 Å². The summed E-state index contributed by atoms with van der Waals surface area (Å²) in [6.07, 6.45) is 4.38. The van der Waals surface area contributed by atoms with Crippen LogP contribution < -0.4 is 4.99 Å². The van der Waals surface area contributed by atoms with Crippen LogP contribution in [-0.2, 0) is 11.8 Å². The Bertz CT molecular complexity index is 633. The fraction of sp³-hybridized carbons (Fsp3) is 0.471. The smallest absolute Gasteiger partial charge is 0.209 e. The van der Waals surface area contributed by atoms with Gasteiger partial charge in [-0.3, -0.25) is 0 Å². The van der Waals surface area contributed by atoms with E-state index in [1.807, 2.05) is 0 Å². The molecule has 0 saturated carbocycles. The van der Waals surface area contributed by atoms with Gasteiger partial charge >= 0.3 is 0 Å². The maximum atomic E-state index is 3.58. The van der Waals surface area contributed by atoms with E-state index in [-0.39, 0.29) is 0 Å². The Morgan fingerprint density at radius 2 is 1.81 bits per heavy atom. The lowest BCUT2D eigenvalue weighted by Gasteiger charge is -1.97. The van der Waals surface area contributed by atoms with Crippen LogP contribution in [0.4, 0.5) is 0 Å². The van der Waals surface area contributed by atoms with E-state index in [1.54, 1.807) is 0 Å². The first-order valence-corrected chi connectivity index (χ1v) is 9.68. The highest BCUT2D eigenvalue weighted by atomic mass is 79.9. The lowest BCUT2D eigenvalue weighted by Crippen LogP contribution is -2.68. The summed E-state index contributed by atoms with van der Waals surface area (Å²) in [4.78, 5) is 7.11. The van der Waals surface area contributed by atoms with Crippen LogP contribution in [-0.4, -0.2) is 16.0 Å². The summed E-state index contributed by atoms with van der Waals surface area (Å²) in [5.74, 6) is 0. The zero-order chi connectivity index (χ0) is 15.6. The Hall–Kier alpha value is -0.610. The fourth-order valence-corrected chi connectivity index (χ4v) is 4.02. The molecule has 1 aromatic heterocycles. The third-order valence-corrected chi connectivity index (χ3v) is 5.40. The van der Waals surface area contributed by atoms with E-state index < -0.39 is 0 Å². The molecule has 0 fully saturated rings. The molecule has 0 aromatic carbocycles. The number of aromatic amines is 1. The Kier molecular flexibility index (Phi) is 5.67. The molecule has 1 aliphatic rings. The van der Waals surface area contributed by atoms with Gasteiger partial charge in [-0.2, -0.15) is 0 Å². The molecule has 2 nitrogen and oxygen atoms in total. The van der Waals surface area contributed by atoms with Crippen molar-refractivity contribution in [1.29, 1.82) is 0 Å². The van der Waals surface area contributed by atoms with E-state index in [1.165, 1.54) is 45.1 Å². The van der Waals surface area contributed by atoms with E-state index in [2.05, 4.69) is 75.6 Å². The average molecular weight is 415 g/mol. The zero-order valence-corrected chi connectivity index (χ0v) is 16.3. The molecule has 1 aromatic rings. The fourth-order valence-electron chi connectivity index (χ4n) is 3.06. The number of halogens is 2. The van der Waals surface area contributed by atoms with E-state index in [9.17, 15) is 0 Å². The van der Waals surface area contributed by atoms with Crippen molar-refractivity contribution in [3.63, 3.8) is 0 Å². The molecule has 0 unspecified atom stereocenters. The summed E-state index contributed by atoms with van der Waals surface area (Å²) in [5.41, 5.74) is 10.6. The number of rotatable bonds is 5. The van der Waals surface area contributed by atoms with Gasteiger partial charge in [-0.1, -0.05) is 45.7 Å². The van der Waals surface area contributed by atoms with Gasteiger partial charge in [0.2, 0.25) is 5.70 Å². The molecular formula is C17H23Br2N2+. The Morgan fingerprint density at radius 1 is 1.10 bits per heavy atom. The van der Waals surface area contributed by atoms with Crippen molar-refractivity contribution in [2.45, 2.75) is 45.9 Å². The number of alkyl halides is 2. The second-order valence-corrected chi connectivity index (χ2v) is 6.48. The molecule has 0 radical (unpaired) electrons. The van der Waals surface area contributed by atoms with E-state index >= 15 is 0 Å². The van der Waals surface area contributed by atoms with Crippen molar-refractivity contribution in [3.05, 3.63) is 39.4 Å². The lowest BCUT2D eigenvalue weighted by atomic mass is 10.0. The number of hydrogen-bond acceptors (Lipinski definition) is 0. The first-order valence-electron chi connectivity index (χ1n) is 7.44. The summed E-state index contributed by atoms with van der Waals surface area (Å²) in [6.45, 7) is 8.84. The minimum Gasteiger partial charge on any atom is -0.358 e. The van der Waals surface area contributed by atoms with E-state index in [0.717, 1.165) is 23.5 Å². The highest BCUT2D eigenvalue weighted by Crippen LogP contribution is 2.25. The standard InChI is InChI=1S/C17H22Br2N2/c1-5-12-10(3)14(20-16(12)8-18)7-15-11(4)13(6-2)17(9-19)21-15/h7,20H,5-6,8-9H2,1-4H3/p+1/b15-7-. The Balaban J connectivity index is 2.49. The Labute approximate surface area is 144 Å². The second-order valence-electron chi connectivity index (χ2n) is 5.36. The molecular weight excluding hydrogens is 392 g/mol. The predicted molar refractivity (Wildman–Crippen MR) is 98.3 cm³/mol. The SMILES string of the molecule is CCC1=C(C)/C(=C/c2[nH]c(CBr)c(CC)c2C)[NH+]=C1CBr. The molecule has 0 amide bonds. The van der Waals surface area contributed by atoms with Gasteiger partial charge in [-0.05, 0) is 37.8 Å². The largest absolute Gasteiger partial charge is 0.358 e. The third kappa shape index (κ3) is 3.11. The lowest BCUT2D eigenvalue weighted by molar-refractivity contribution is -0.386. The average Bonchev–Trinajstić information content (AvgIpc) is 2.96. The van der Waals surface area contributed by atoms with Crippen LogP contribution in [0.25, 0.3) is 6.08 Å². The van der Waals surface area contributed by atoms with E-state index in [0.29, 0.717) is 0 Å². The second kappa shape index (κ2) is 7.10. The predicted octanol–water partition coefficient (Wildman–Crippen LogP) is 3.78. The number of allylic oxidation sites excluding steroid dienone is 2. The normalized spacial score (nSPS) is 17.0. The van der Waals surface area contributed by atoms with Gasteiger partial charge in [0.1, 0.15) is 0 Å². The zero-order valence-electron chi connectivity index (χ0n) is 13.2. The summed E-state index contributed by atoms with van der Waals surface area (Å²) in [5, 5.41) is 1.75. The highest BCUT2D eigenvalue weighted by molar-refractivity contribution is 9.09. The molecule has 21 heavy (non-hydrogen) atoms. The van der Waals surface area contributed by atoms with Gasteiger partial charge < -0.3 is 4.98 Å². The topological polar surface area (TPSA) is 29.8 Å². The summed E-state index contributed by atoms with van der Waals surface area (Å²) in [6, 6.07) is 0. The molecule has 2 heterocycles. The minimum atomic E-state index is 0.876. The number of nitrogens with one attached hydrogen (secondary N) is 2. The molecule has 0 aliphatic carbocycles. The maximum Gasteiger partial charge on any atom is 0.209 e. The number of H-pyrrole nitrogens is 1. The van der Waals surface area contributed by atoms with Crippen LogP contribution in [0.5, 0.6) is 0 Å². The first-order chi connectivity index (χ1) is 10.1. The van der Waals surface area contributed by atoms with Crippen molar-refractivity contribution in [3.8, 4) is 0 Å². The van der Waals surface area contributed by atoms with Gasteiger partial charge in [0, 0.05) is 33.9 Å². The Morgan fingerprint density at radius 3 is 2.24 bits per heavy atom. The first kappa shape index (κ1) is 16.8. The molecule has 0 atom stereocenters. The van der Waals surface area contributed by atoms with Gasteiger partial charge in [0.25, 0.3) is 0 Å². The summed E-state index contributed by atoms with van der Waals surface area (Å²) < 4.78 is 0. The number of aromatic nitrogens is 1. The van der Waals surface area contributed by atoms with Gasteiger partial charge in [-0.15, -0.1) is 0 Å². The van der Waals surface area contributed by atoms with Crippen LogP contribution in [0.1, 0.15) is 49.7 Å². The van der Waals surface area contributed by atoms with Crippen LogP contribution in [0.3, 0.4) is 0 Å². The molecule has 4 heteroatoms. The third-order valence-electron chi connectivity index (χ3n) is 4.28. The molecule has 114 valence electrons. The van der Waals surface area contributed by atoms with Crippen LogP contribution in [0, 0.1) is 6.92 Å². The van der Waals surface area contributed by atoms with Crippen molar-refractivity contribution < 1.29 is 4.99 Å². The highest BCUT2D eigenvalue weighted by Gasteiger charge is 2.26. The summed E-state index contributed by atoms with van der Waals surface area (Å²) in [7, 11) is 0. The summed E-state index contributed by atoms with van der Waals surface area (Å²) >= 11 is 7.15. The molecule has 2 rings (SSSR count). The molecule has 1 aliphatic heterocycles. The van der Waals surface area contributed by atoms with Crippen molar-refractivity contribution in [2.24, 2.45) is 0 Å². The number of hydrogen-bond donors (Lipinski definition) is 2. The monoisotopic (exact) mass is 413 g/mol. The van der Waals surface area contributed by atoms with Crippen LogP contribution >= 0.6 is 31.9 Å². The van der Waals surface area contributed by atoms with Gasteiger partial charge in [0.15, 0.2) is 5.71 Å². The molecule has 2 N–H and O–H groups in total. The minimum absolute atomic E-state index is 0.876. The molecule has 0 bridgehead atoms. The van der Waals surface area contributed by atoms with Crippen LogP contribution in [0.2, 0.25) is 0 Å². The van der Waals surface area contributed by atoms with Gasteiger partial charge in [0.05, 0.1) is 5.33 Å². The quantitative estimate of drug-likeness (QED) is 0.686. The maximum absolute atomic E-state index is 3.58. The van der Waals surface area contributed by atoms with E-state index in [4.69, 9.17) is 0 Å². The van der Waals surface area contributed by atoms with Crippen LogP contribution in [0.15, 0.2) is 16.8 Å². The van der Waals surface area contributed by atoms with Crippen molar-refractivity contribution in [1.82, 2.24) is 4.98 Å². The van der Waals surface area contributed by atoms with Crippen molar-refractivity contribution in [2.75, 3.05) is 5.33 Å². The molecule has 0 saturated heterocycles.